The minimum atomic E-state index is -0.692. The lowest BCUT2D eigenvalue weighted by Crippen LogP contribution is -2.41. The minimum absolute atomic E-state index is 0.0362. The maximum atomic E-state index is 12.8. The molecule has 1 aromatic heterocycles. The lowest BCUT2D eigenvalue weighted by atomic mass is 9.78. The summed E-state index contributed by atoms with van der Waals surface area (Å²) in [5, 5.41) is 4.42. The molecule has 0 spiro atoms. The zero-order valence-electron chi connectivity index (χ0n) is 14.4. The van der Waals surface area contributed by atoms with E-state index >= 15 is 0 Å². The van der Waals surface area contributed by atoms with Crippen molar-refractivity contribution in [2.45, 2.75) is 12.5 Å². The molecule has 0 radical (unpaired) electrons. The molecule has 3 heteroatoms. The van der Waals surface area contributed by atoms with Crippen molar-refractivity contribution >= 4 is 16.8 Å². The molecule has 2 N–H and O–H groups in total. The summed E-state index contributed by atoms with van der Waals surface area (Å²) in [7, 11) is 0. The van der Waals surface area contributed by atoms with E-state index in [9.17, 15) is 4.79 Å². The second-order valence-electron chi connectivity index (χ2n) is 6.87. The average Bonchev–Trinajstić information content (AvgIpc) is 3.22. The number of carbonyl (C=O) groups excluding carboxylic acids is 1. The minimum Gasteiger partial charge on any atom is -0.361 e. The largest absolute Gasteiger partial charge is 0.361 e. The Kier molecular flexibility index (Phi) is 3.07. The number of aromatic amines is 1. The van der Waals surface area contributed by atoms with Crippen molar-refractivity contribution in [1.29, 1.82) is 0 Å². The number of nitrogens with one attached hydrogen (secondary N) is 2. The highest BCUT2D eigenvalue weighted by Gasteiger charge is 2.46. The molecular formula is C23H18N2O. The Balaban J connectivity index is 1.89. The highest BCUT2D eigenvalue weighted by Crippen LogP contribution is 2.44. The fourth-order valence-corrected chi connectivity index (χ4v) is 4.15. The summed E-state index contributed by atoms with van der Waals surface area (Å²) in [6, 6.07) is 24.4. The van der Waals surface area contributed by atoms with Gasteiger partial charge in [0, 0.05) is 28.2 Å². The number of fused-ring (bicyclic) bond motifs is 2. The maximum absolute atomic E-state index is 12.8. The molecule has 0 unspecified atom stereocenters. The van der Waals surface area contributed by atoms with Crippen LogP contribution >= 0.6 is 0 Å². The number of rotatable bonds is 2. The van der Waals surface area contributed by atoms with Crippen molar-refractivity contribution in [3.63, 3.8) is 0 Å². The van der Waals surface area contributed by atoms with Crippen LogP contribution in [0.1, 0.15) is 32.6 Å². The summed E-state index contributed by atoms with van der Waals surface area (Å²) >= 11 is 0. The predicted molar refractivity (Wildman–Crippen MR) is 103 cm³/mol. The predicted octanol–water partition coefficient (Wildman–Crippen LogP) is 4.51. The summed E-state index contributed by atoms with van der Waals surface area (Å²) in [5.74, 6) is -0.0362. The van der Waals surface area contributed by atoms with Gasteiger partial charge < -0.3 is 10.3 Å². The summed E-state index contributed by atoms with van der Waals surface area (Å²) in [5.41, 5.74) is 5.44. The number of aromatic nitrogens is 1. The molecule has 0 bridgehead atoms. The van der Waals surface area contributed by atoms with Crippen molar-refractivity contribution in [2.75, 3.05) is 0 Å². The maximum Gasteiger partial charge on any atom is 0.252 e. The molecule has 1 aliphatic heterocycles. The van der Waals surface area contributed by atoms with Gasteiger partial charge in [-0.2, -0.15) is 0 Å². The molecule has 1 amide bonds. The number of benzene rings is 3. The van der Waals surface area contributed by atoms with Gasteiger partial charge in [-0.1, -0.05) is 60.7 Å². The molecule has 0 saturated carbocycles. The van der Waals surface area contributed by atoms with E-state index in [-0.39, 0.29) is 5.91 Å². The molecular weight excluding hydrogens is 320 g/mol. The molecule has 1 aliphatic rings. The normalized spacial score (nSPS) is 18.7. The molecule has 0 aliphatic carbocycles. The topological polar surface area (TPSA) is 44.9 Å². The number of hydrogen-bond donors (Lipinski definition) is 2. The first-order valence-corrected chi connectivity index (χ1v) is 8.76. The molecule has 2 heterocycles. The Labute approximate surface area is 151 Å². The zero-order valence-corrected chi connectivity index (χ0v) is 14.4. The van der Waals surface area contributed by atoms with Crippen LogP contribution in [0.2, 0.25) is 0 Å². The summed E-state index contributed by atoms with van der Waals surface area (Å²) < 4.78 is 0. The van der Waals surface area contributed by atoms with Crippen molar-refractivity contribution in [3.05, 3.63) is 107 Å². The number of aryl methyl sites for hydroxylation is 1. The SMILES string of the molecule is Cc1ccc2c([C@]3(c4ccccc4)NC(=O)c4ccccc43)c[nH]c2c1. The van der Waals surface area contributed by atoms with E-state index in [1.165, 1.54) is 5.56 Å². The quantitative estimate of drug-likeness (QED) is 0.555. The second kappa shape index (κ2) is 5.33. The van der Waals surface area contributed by atoms with Crippen molar-refractivity contribution in [3.8, 4) is 0 Å². The molecule has 0 fully saturated rings. The van der Waals surface area contributed by atoms with Gasteiger partial charge >= 0.3 is 0 Å². The highest BCUT2D eigenvalue weighted by molar-refractivity contribution is 6.03. The number of hydrogen-bond acceptors (Lipinski definition) is 1. The molecule has 26 heavy (non-hydrogen) atoms. The highest BCUT2D eigenvalue weighted by atomic mass is 16.2. The average molecular weight is 338 g/mol. The Morgan fingerprint density at radius 3 is 2.46 bits per heavy atom. The van der Waals surface area contributed by atoms with Gasteiger partial charge in [0.15, 0.2) is 0 Å². The van der Waals surface area contributed by atoms with Crippen LogP contribution in [0.5, 0.6) is 0 Å². The molecule has 4 aromatic rings. The summed E-state index contributed by atoms with van der Waals surface area (Å²) in [6.45, 7) is 2.08. The Morgan fingerprint density at radius 2 is 1.62 bits per heavy atom. The van der Waals surface area contributed by atoms with E-state index in [1.807, 2.05) is 48.7 Å². The van der Waals surface area contributed by atoms with Crippen molar-refractivity contribution in [1.82, 2.24) is 10.3 Å². The lowest BCUT2D eigenvalue weighted by molar-refractivity contribution is 0.0949. The van der Waals surface area contributed by atoms with Crippen LogP contribution in [0.3, 0.4) is 0 Å². The van der Waals surface area contributed by atoms with Gasteiger partial charge in [0.1, 0.15) is 5.54 Å². The van der Waals surface area contributed by atoms with E-state index in [4.69, 9.17) is 0 Å². The van der Waals surface area contributed by atoms with Crippen LogP contribution in [-0.2, 0) is 5.54 Å². The van der Waals surface area contributed by atoms with E-state index in [0.29, 0.717) is 0 Å². The molecule has 3 aromatic carbocycles. The standard InChI is InChI=1S/C23H18N2O/c1-15-11-12-17-20(14-24-21(17)13-15)23(16-7-3-2-4-8-16)19-10-6-5-9-18(19)22(26)25-23/h2-14,24H,1H3,(H,25,26)/t23-/m1/s1. The van der Waals surface area contributed by atoms with Gasteiger partial charge in [-0.3, -0.25) is 4.79 Å². The zero-order chi connectivity index (χ0) is 17.7. The molecule has 1 atom stereocenters. The van der Waals surface area contributed by atoms with E-state index in [0.717, 1.165) is 33.2 Å². The van der Waals surface area contributed by atoms with E-state index in [1.54, 1.807) is 0 Å². The lowest BCUT2D eigenvalue weighted by Gasteiger charge is -2.31. The van der Waals surface area contributed by atoms with Crippen LogP contribution in [0.4, 0.5) is 0 Å². The Morgan fingerprint density at radius 1 is 0.846 bits per heavy atom. The number of H-pyrrole nitrogens is 1. The van der Waals surface area contributed by atoms with Crippen LogP contribution in [-0.4, -0.2) is 10.9 Å². The smallest absolute Gasteiger partial charge is 0.252 e. The van der Waals surface area contributed by atoms with Gasteiger partial charge in [-0.05, 0) is 35.7 Å². The summed E-state index contributed by atoms with van der Waals surface area (Å²) in [6.07, 6.45) is 2.03. The third kappa shape index (κ3) is 1.91. The van der Waals surface area contributed by atoms with Gasteiger partial charge in [-0.15, -0.1) is 0 Å². The molecule has 0 saturated heterocycles. The monoisotopic (exact) mass is 338 g/mol. The van der Waals surface area contributed by atoms with Crippen molar-refractivity contribution < 1.29 is 4.79 Å². The van der Waals surface area contributed by atoms with Crippen molar-refractivity contribution in [2.24, 2.45) is 0 Å². The Bertz CT molecular complexity index is 1140. The fourth-order valence-electron chi connectivity index (χ4n) is 4.15. The number of amides is 1. The fraction of sp³-hybridized carbons (Fsp3) is 0.0870. The molecule has 5 rings (SSSR count). The Hall–Kier alpha value is -3.33. The first kappa shape index (κ1) is 15.0. The van der Waals surface area contributed by atoms with E-state index in [2.05, 4.69) is 47.6 Å². The third-order valence-corrected chi connectivity index (χ3v) is 5.32. The van der Waals surface area contributed by atoms with Gasteiger partial charge in [-0.25, -0.2) is 0 Å². The van der Waals surface area contributed by atoms with Crippen LogP contribution < -0.4 is 5.32 Å². The van der Waals surface area contributed by atoms with E-state index < -0.39 is 5.54 Å². The van der Waals surface area contributed by atoms with Crippen LogP contribution in [0.15, 0.2) is 79.0 Å². The van der Waals surface area contributed by atoms with Gasteiger partial charge in [0.2, 0.25) is 0 Å². The summed E-state index contributed by atoms with van der Waals surface area (Å²) in [4.78, 5) is 16.2. The number of carbonyl (C=O) groups is 1. The molecule has 126 valence electrons. The van der Waals surface area contributed by atoms with Gasteiger partial charge in [0.25, 0.3) is 5.91 Å². The van der Waals surface area contributed by atoms with Crippen LogP contribution in [0.25, 0.3) is 10.9 Å². The second-order valence-corrected chi connectivity index (χ2v) is 6.87. The molecule has 3 nitrogen and oxygen atoms in total. The third-order valence-electron chi connectivity index (χ3n) is 5.32. The van der Waals surface area contributed by atoms with Gasteiger partial charge in [0.05, 0.1) is 0 Å². The first-order chi connectivity index (χ1) is 12.7. The first-order valence-electron chi connectivity index (χ1n) is 8.76. The van der Waals surface area contributed by atoms with Crippen LogP contribution in [0, 0.1) is 6.92 Å².